The van der Waals surface area contributed by atoms with Gasteiger partial charge in [-0.2, -0.15) is 0 Å². The lowest BCUT2D eigenvalue weighted by molar-refractivity contribution is -0.0584. The maximum atomic E-state index is 6.16. The summed E-state index contributed by atoms with van der Waals surface area (Å²) in [6.07, 6.45) is 14.6. The Morgan fingerprint density at radius 1 is 1.05 bits per heavy atom. The normalized spacial score (nSPS) is 21.7. The highest BCUT2D eigenvalue weighted by atomic mass is 16.5. The van der Waals surface area contributed by atoms with Crippen molar-refractivity contribution in [2.45, 2.75) is 103 Å². The van der Waals surface area contributed by atoms with Gasteiger partial charge in [0.2, 0.25) is 0 Å². The molecule has 2 nitrogen and oxygen atoms in total. The third kappa shape index (κ3) is 5.90. The van der Waals surface area contributed by atoms with E-state index in [4.69, 9.17) is 4.74 Å². The molecule has 0 aliphatic heterocycles. The van der Waals surface area contributed by atoms with Crippen molar-refractivity contribution in [2.75, 3.05) is 13.7 Å². The topological polar surface area (TPSA) is 21.3 Å². The van der Waals surface area contributed by atoms with Gasteiger partial charge in [0.25, 0.3) is 0 Å². The summed E-state index contributed by atoms with van der Waals surface area (Å²) in [5.41, 5.74) is 0.0894. The van der Waals surface area contributed by atoms with Crippen LogP contribution in [0.1, 0.15) is 91.4 Å². The number of unbranched alkanes of at least 4 members (excludes halogenated alkanes) is 1. The molecule has 2 unspecified atom stereocenters. The second-order valence-electron chi connectivity index (χ2n) is 6.95. The molecular weight excluding hydrogens is 258 g/mol. The van der Waals surface area contributed by atoms with E-state index in [9.17, 15) is 0 Å². The highest BCUT2D eigenvalue weighted by Crippen LogP contribution is 2.36. The standard InChI is InChI=1S/C19H39NO/c1-5-8-13-17(6-2)16-18(20-7-3)19(21-4)14-11-9-10-12-15-19/h17-18,20H,5-16H2,1-4H3. The Labute approximate surface area is 133 Å². The Morgan fingerprint density at radius 3 is 2.19 bits per heavy atom. The SMILES string of the molecule is CCCCC(CC)CC(NCC)C1(OC)CCCCCC1. The van der Waals surface area contributed by atoms with Gasteiger partial charge in [0.05, 0.1) is 5.60 Å². The molecule has 1 N–H and O–H groups in total. The molecule has 0 radical (unpaired) electrons. The molecule has 0 saturated heterocycles. The minimum atomic E-state index is 0.0894. The highest BCUT2D eigenvalue weighted by molar-refractivity contribution is 4.95. The molecule has 0 aromatic rings. The van der Waals surface area contributed by atoms with Crippen LogP contribution in [-0.2, 0) is 4.74 Å². The molecule has 2 heteroatoms. The van der Waals surface area contributed by atoms with Gasteiger partial charge in [0.1, 0.15) is 0 Å². The maximum Gasteiger partial charge on any atom is 0.0831 e. The smallest absolute Gasteiger partial charge is 0.0831 e. The van der Waals surface area contributed by atoms with Gasteiger partial charge in [-0.05, 0) is 31.7 Å². The van der Waals surface area contributed by atoms with E-state index in [0.29, 0.717) is 6.04 Å². The molecular formula is C19H39NO. The Bertz CT molecular complexity index is 246. The molecule has 1 fully saturated rings. The van der Waals surface area contributed by atoms with Crippen LogP contribution in [0.15, 0.2) is 0 Å². The van der Waals surface area contributed by atoms with Crippen molar-refractivity contribution in [3.63, 3.8) is 0 Å². The number of nitrogens with one attached hydrogen (secondary N) is 1. The van der Waals surface area contributed by atoms with Crippen LogP contribution in [0.4, 0.5) is 0 Å². The van der Waals surface area contributed by atoms with Gasteiger partial charge < -0.3 is 10.1 Å². The Kier molecular flexibility index (Phi) is 9.59. The molecule has 1 aliphatic rings. The maximum absolute atomic E-state index is 6.16. The van der Waals surface area contributed by atoms with Crippen LogP contribution < -0.4 is 5.32 Å². The molecule has 0 spiro atoms. The molecule has 1 saturated carbocycles. The van der Waals surface area contributed by atoms with Crippen molar-refractivity contribution >= 4 is 0 Å². The first-order valence-electron chi connectivity index (χ1n) is 9.50. The van der Waals surface area contributed by atoms with E-state index >= 15 is 0 Å². The second kappa shape index (κ2) is 10.6. The van der Waals surface area contributed by atoms with Crippen molar-refractivity contribution in [1.82, 2.24) is 5.32 Å². The third-order valence-electron chi connectivity index (χ3n) is 5.55. The first kappa shape index (κ1) is 19.0. The number of methoxy groups -OCH3 is 1. The lowest BCUT2D eigenvalue weighted by Gasteiger charge is -2.41. The number of ether oxygens (including phenoxy) is 1. The zero-order valence-electron chi connectivity index (χ0n) is 15.0. The first-order valence-corrected chi connectivity index (χ1v) is 9.50. The van der Waals surface area contributed by atoms with Crippen molar-refractivity contribution in [1.29, 1.82) is 0 Å². The third-order valence-corrected chi connectivity index (χ3v) is 5.55. The quantitative estimate of drug-likeness (QED) is 0.552. The fraction of sp³-hybridized carbons (Fsp3) is 1.00. The van der Waals surface area contributed by atoms with Crippen LogP contribution >= 0.6 is 0 Å². The van der Waals surface area contributed by atoms with E-state index in [1.54, 1.807) is 0 Å². The van der Waals surface area contributed by atoms with Gasteiger partial charge in [-0.3, -0.25) is 0 Å². The van der Waals surface area contributed by atoms with Crippen LogP contribution in [0.5, 0.6) is 0 Å². The predicted molar refractivity (Wildman–Crippen MR) is 92.8 cm³/mol. The van der Waals surface area contributed by atoms with Crippen LogP contribution in [0.2, 0.25) is 0 Å². The van der Waals surface area contributed by atoms with Crippen LogP contribution in [0, 0.1) is 5.92 Å². The van der Waals surface area contributed by atoms with E-state index in [1.807, 2.05) is 7.11 Å². The summed E-state index contributed by atoms with van der Waals surface area (Å²) in [7, 11) is 1.95. The van der Waals surface area contributed by atoms with E-state index in [1.165, 1.54) is 70.6 Å². The molecule has 2 atom stereocenters. The van der Waals surface area contributed by atoms with Gasteiger partial charge in [-0.25, -0.2) is 0 Å². The number of hydrogen-bond acceptors (Lipinski definition) is 2. The molecule has 126 valence electrons. The molecule has 0 aromatic carbocycles. The first-order chi connectivity index (χ1) is 10.2. The average Bonchev–Trinajstić information content (AvgIpc) is 2.76. The van der Waals surface area contributed by atoms with Crippen molar-refractivity contribution in [2.24, 2.45) is 5.92 Å². The summed E-state index contributed by atoms with van der Waals surface area (Å²) in [5.74, 6) is 0.851. The summed E-state index contributed by atoms with van der Waals surface area (Å²) < 4.78 is 6.16. The van der Waals surface area contributed by atoms with Crippen LogP contribution in [-0.4, -0.2) is 25.3 Å². The molecule has 1 rings (SSSR count). The molecule has 0 amide bonds. The molecule has 21 heavy (non-hydrogen) atoms. The number of likely N-dealkylation sites (N-methyl/N-ethyl adjacent to an activating group) is 1. The highest BCUT2D eigenvalue weighted by Gasteiger charge is 2.39. The van der Waals surface area contributed by atoms with Crippen molar-refractivity contribution in [3.8, 4) is 0 Å². The van der Waals surface area contributed by atoms with Crippen molar-refractivity contribution in [3.05, 3.63) is 0 Å². The Hall–Kier alpha value is -0.0800. The number of rotatable bonds is 10. The lowest BCUT2D eigenvalue weighted by atomic mass is 9.79. The van der Waals surface area contributed by atoms with Gasteiger partial charge in [-0.15, -0.1) is 0 Å². The monoisotopic (exact) mass is 297 g/mol. The largest absolute Gasteiger partial charge is 0.377 e. The predicted octanol–water partition coefficient (Wildman–Crippen LogP) is 5.31. The summed E-state index contributed by atoms with van der Waals surface area (Å²) in [6.45, 7) is 7.95. The van der Waals surface area contributed by atoms with Crippen LogP contribution in [0.3, 0.4) is 0 Å². The molecule has 0 aromatic heterocycles. The zero-order valence-corrected chi connectivity index (χ0v) is 15.0. The van der Waals surface area contributed by atoms with Gasteiger partial charge in [0, 0.05) is 13.2 Å². The fourth-order valence-corrected chi connectivity index (χ4v) is 4.07. The molecule has 0 bridgehead atoms. The summed E-state index contributed by atoms with van der Waals surface area (Å²) >= 11 is 0. The number of hydrogen-bond donors (Lipinski definition) is 1. The van der Waals surface area contributed by atoms with Gasteiger partial charge >= 0.3 is 0 Å². The van der Waals surface area contributed by atoms with Crippen molar-refractivity contribution < 1.29 is 4.74 Å². The van der Waals surface area contributed by atoms with Gasteiger partial charge in [0.15, 0.2) is 0 Å². The van der Waals surface area contributed by atoms with E-state index in [2.05, 4.69) is 26.1 Å². The lowest BCUT2D eigenvalue weighted by Crippen LogP contribution is -2.52. The summed E-state index contributed by atoms with van der Waals surface area (Å²) in [6, 6.07) is 0.535. The minimum Gasteiger partial charge on any atom is -0.377 e. The zero-order chi connectivity index (χ0) is 15.6. The van der Waals surface area contributed by atoms with E-state index in [-0.39, 0.29) is 5.60 Å². The second-order valence-corrected chi connectivity index (χ2v) is 6.95. The van der Waals surface area contributed by atoms with Gasteiger partial charge in [-0.1, -0.05) is 72.1 Å². The minimum absolute atomic E-state index is 0.0894. The van der Waals surface area contributed by atoms with E-state index < -0.39 is 0 Å². The fourth-order valence-electron chi connectivity index (χ4n) is 4.07. The molecule has 0 heterocycles. The molecule has 1 aliphatic carbocycles. The Balaban J connectivity index is 2.75. The average molecular weight is 298 g/mol. The van der Waals surface area contributed by atoms with E-state index in [0.717, 1.165) is 12.5 Å². The Morgan fingerprint density at radius 2 is 1.71 bits per heavy atom. The summed E-state index contributed by atoms with van der Waals surface area (Å²) in [4.78, 5) is 0. The van der Waals surface area contributed by atoms with Crippen LogP contribution in [0.25, 0.3) is 0 Å². The summed E-state index contributed by atoms with van der Waals surface area (Å²) in [5, 5.41) is 3.79.